The van der Waals surface area contributed by atoms with Crippen molar-refractivity contribution in [3.8, 4) is 0 Å². The number of hydrogen-bond donors (Lipinski definition) is 1. The Labute approximate surface area is 111 Å². The largest absolute Gasteiger partial charge is 0.469 e. The van der Waals surface area contributed by atoms with E-state index in [4.69, 9.17) is 4.74 Å². The molecule has 0 spiro atoms. The first-order chi connectivity index (χ1) is 9.20. The van der Waals surface area contributed by atoms with Gasteiger partial charge in [-0.05, 0) is 12.8 Å². The number of rotatable bonds is 4. The van der Waals surface area contributed by atoms with Gasteiger partial charge in [0.1, 0.15) is 6.26 Å². The van der Waals surface area contributed by atoms with Crippen LogP contribution < -0.4 is 5.32 Å². The lowest BCUT2D eigenvalue weighted by Crippen LogP contribution is -2.46. The van der Waals surface area contributed by atoms with Gasteiger partial charge in [-0.25, -0.2) is 0 Å². The van der Waals surface area contributed by atoms with Gasteiger partial charge in [-0.1, -0.05) is 18.0 Å². The van der Waals surface area contributed by atoms with Gasteiger partial charge < -0.3 is 14.6 Å². The first kappa shape index (κ1) is 13.6. The van der Waals surface area contributed by atoms with Crippen LogP contribution in [0.15, 0.2) is 16.9 Å². The molecule has 1 aromatic rings. The lowest BCUT2D eigenvalue weighted by atomic mass is 9.84. The van der Waals surface area contributed by atoms with E-state index in [9.17, 15) is 9.59 Å². The standard InChI is InChI=1S/C13H18N2O4/c1-18-13(17)10-4-2-3-5-11(10)14-12(16)8-9-6-7-19-15-9/h6-7,10-11H,2-5,8H2,1H3,(H,14,16). The maximum atomic E-state index is 11.9. The summed E-state index contributed by atoms with van der Waals surface area (Å²) in [5.41, 5.74) is 0.586. The number of esters is 1. The fourth-order valence-corrected chi connectivity index (χ4v) is 2.49. The van der Waals surface area contributed by atoms with E-state index in [1.807, 2.05) is 0 Å². The zero-order valence-electron chi connectivity index (χ0n) is 10.9. The van der Waals surface area contributed by atoms with Crippen molar-refractivity contribution in [1.29, 1.82) is 0 Å². The molecule has 1 aromatic heterocycles. The van der Waals surface area contributed by atoms with Crippen molar-refractivity contribution in [2.45, 2.75) is 38.1 Å². The van der Waals surface area contributed by atoms with Gasteiger partial charge in [0, 0.05) is 12.1 Å². The first-order valence-electron chi connectivity index (χ1n) is 6.47. The summed E-state index contributed by atoms with van der Waals surface area (Å²) in [5, 5.41) is 6.59. The van der Waals surface area contributed by atoms with Gasteiger partial charge in [-0.15, -0.1) is 0 Å². The van der Waals surface area contributed by atoms with E-state index in [-0.39, 0.29) is 30.3 Å². The highest BCUT2D eigenvalue weighted by atomic mass is 16.5. The number of hydrogen-bond acceptors (Lipinski definition) is 5. The van der Waals surface area contributed by atoms with Crippen LogP contribution in [0.1, 0.15) is 31.4 Å². The van der Waals surface area contributed by atoms with Crippen molar-refractivity contribution in [2.24, 2.45) is 5.92 Å². The number of carbonyl (C=O) groups excluding carboxylic acids is 2. The van der Waals surface area contributed by atoms with E-state index in [2.05, 4.69) is 15.0 Å². The van der Waals surface area contributed by atoms with Crippen LogP contribution >= 0.6 is 0 Å². The predicted octanol–water partition coefficient (Wildman–Crippen LogP) is 1.07. The summed E-state index contributed by atoms with van der Waals surface area (Å²) in [7, 11) is 1.38. The first-order valence-corrected chi connectivity index (χ1v) is 6.47. The lowest BCUT2D eigenvalue weighted by molar-refractivity contribution is -0.147. The molecule has 104 valence electrons. The van der Waals surface area contributed by atoms with Crippen LogP contribution in [0.5, 0.6) is 0 Å². The van der Waals surface area contributed by atoms with Gasteiger partial charge in [-0.2, -0.15) is 0 Å². The number of nitrogens with one attached hydrogen (secondary N) is 1. The third-order valence-electron chi connectivity index (χ3n) is 3.45. The molecule has 1 heterocycles. The van der Waals surface area contributed by atoms with E-state index in [0.717, 1.165) is 25.7 Å². The van der Waals surface area contributed by atoms with E-state index < -0.39 is 0 Å². The summed E-state index contributed by atoms with van der Waals surface area (Å²) in [4.78, 5) is 23.6. The lowest BCUT2D eigenvalue weighted by Gasteiger charge is -2.30. The average Bonchev–Trinajstić information content (AvgIpc) is 2.91. The molecule has 1 aliphatic rings. The van der Waals surface area contributed by atoms with Crippen molar-refractivity contribution in [2.75, 3.05) is 7.11 Å². The topological polar surface area (TPSA) is 81.4 Å². The van der Waals surface area contributed by atoms with Crippen LogP contribution in [0.25, 0.3) is 0 Å². The van der Waals surface area contributed by atoms with Gasteiger partial charge >= 0.3 is 5.97 Å². The maximum Gasteiger partial charge on any atom is 0.310 e. The van der Waals surface area contributed by atoms with Crippen LogP contribution in [-0.4, -0.2) is 30.2 Å². The summed E-state index contributed by atoms with van der Waals surface area (Å²) < 4.78 is 9.47. The van der Waals surface area contributed by atoms with Crippen LogP contribution in [0.3, 0.4) is 0 Å². The molecule has 0 radical (unpaired) electrons. The Morgan fingerprint density at radius 2 is 2.26 bits per heavy atom. The highest BCUT2D eigenvalue weighted by Gasteiger charge is 2.32. The van der Waals surface area contributed by atoms with Crippen LogP contribution in [0.4, 0.5) is 0 Å². The maximum absolute atomic E-state index is 11.9. The molecule has 0 aromatic carbocycles. The molecule has 2 atom stereocenters. The number of methoxy groups -OCH3 is 1. The smallest absolute Gasteiger partial charge is 0.310 e. The van der Waals surface area contributed by atoms with Gasteiger partial charge in [-0.3, -0.25) is 9.59 Å². The van der Waals surface area contributed by atoms with Crippen molar-refractivity contribution in [3.63, 3.8) is 0 Å². The Bertz CT molecular complexity index is 430. The fourth-order valence-electron chi connectivity index (χ4n) is 2.49. The second-order valence-electron chi connectivity index (χ2n) is 4.76. The second kappa shape index (κ2) is 6.36. The third kappa shape index (κ3) is 3.56. The number of carbonyl (C=O) groups is 2. The van der Waals surface area contributed by atoms with E-state index in [0.29, 0.717) is 5.69 Å². The number of aromatic nitrogens is 1. The summed E-state index contributed by atoms with van der Waals surface area (Å²) in [6.07, 6.45) is 5.19. The molecule has 0 aliphatic heterocycles. The minimum Gasteiger partial charge on any atom is -0.469 e. The molecular weight excluding hydrogens is 248 g/mol. The van der Waals surface area contributed by atoms with Crippen molar-refractivity contribution in [1.82, 2.24) is 10.5 Å². The molecule has 6 heteroatoms. The molecule has 0 bridgehead atoms. The summed E-state index contributed by atoms with van der Waals surface area (Å²) >= 11 is 0. The Hall–Kier alpha value is -1.85. The number of nitrogens with zero attached hydrogens (tertiary/aromatic N) is 1. The Balaban J connectivity index is 1.91. The van der Waals surface area contributed by atoms with Crippen molar-refractivity contribution < 1.29 is 18.8 Å². The molecule has 6 nitrogen and oxygen atoms in total. The molecule has 2 unspecified atom stereocenters. The molecular formula is C13H18N2O4. The van der Waals surface area contributed by atoms with Crippen LogP contribution in [-0.2, 0) is 20.7 Å². The number of amides is 1. The molecule has 1 N–H and O–H groups in total. The fraction of sp³-hybridized carbons (Fsp3) is 0.615. The highest BCUT2D eigenvalue weighted by molar-refractivity contribution is 5.80. The molecule has 1 aliphatic carbocycles. The molecule has 19 heavy (non-hydrogen) atoms. The van der Waals surface area contributed by atoms with Crippen LogP contribution in [0.2, 0.25) is 0 Å². The van der Waals surface area contributed by atoms with Gasteiger partial charge in [0.05, 0.1) is 25.1 Å². The Morgan fingerprint density at radius 3 is 2.95 bits per heavy atom. The van der Waals surface area contributed by atoms with E-state index in [1.54, 1.807) is 6.07 Å². The molecule has 2 rings (SSSR count). The average molecular weight is 266 g/mol. The van der Waals surface area contributed by atoms with Crippen LogP contribution in [0, 0.1) is 5.92 Å². The minimum absolute atomic E-state index is 0.138. The minimum atomic E-state index is -0.244. The quantitative estimate of drug-likeness (QED) is 0.824. The van der Waals surface area contributed by atoms with Crippen molar-refractivity contribution >= 4 is 11.9 Å². The molecule has 1 saturated carbocycles. The van der Waals surface area contributed by atoms with Gasteiger partial charge in [0.25, 0.3) is 0 Å². The normalized spacial score (nSPS) is 22.8. The SMILES string of the molecule is COC(=O)C1CCCCC1NC(=O)Cc1ccon1. The summed E-state index contributed by atoms with van der Waals surface area (Å²) in [6, 6.07) is 1.51. The molecule has 0 saturated heterocycles. The predicted molar refractivity (Wildman–Crippen MR) is 66.1 cm³/mol. The van der Waals surface area contributed by atoms with Gasteiger partial charge in [0.15, 0.2) is 0 Å². The highest BCUT2D eigenvalue weighted by Crippen LogP contribution is 2.25. The monoisotopic (exact) mass is 266 g/mol. The summed E-state index contributed by atoms with van der Waals surface area (Å²) in [5.74, 6) is -0.624. The van der Waals surface area contributed by atoms with Crippen molar-refractivity contribution in [3.05, 3.63) is 18.0 Å². The zero-order chi connectivity index (χ0) is 13.7. The third-order valence-corrected chi connectivity index (χ3v) is 3.45. The zero-order valence-corrected chi connectivity index (χ0v) is 10.9. The Kier molecular flexibility index (Phi) is 4.54. The second-order valence-corrected chi connectivity index (χ2v) is 4.76. The van der Waals surface area contributed by atoms with Gasteiger partial charge in [0.2, 0.25) is 5.91 Å². The van der Waals surface area contributed by atoms with E-state index >= 15 is 0 Å². The number of ether oxygens (including phenoxy) is 1. The molecule has 1 fully saturated rings. The molecule has 1 amide bonds. The van der Waals surface area contributed by atoms with E-state index in [1.165, 1.54) is 13.4 Å². The summed E-state index contributed by atoms with van der Waals surface area (Å²) in [6.45, 7) is 0. The Morgan fingerprint density at radius 1 is 1.47 bits per heavy atom.